The Labute approximate surface area is 286 Å². The van der Waals surface area contributed by atoms with Gasteiger partial charge in [0.25, 0.3) is 0 Å². The molecule has 3 aromatic heterocycles. The SMILES string of the molecule is Cc1ccc(-c2cc(-c3cc4ccccc4o3)c3ccc4c(-c5cc6ccccc6o5)cc(-c5cc6ccccc6o5)c5ccc2c3c54)cc1. The van der Waals surface area contributed by atoms with Crippen molar-refractivity contribution in [3.8, 4) is 45.1 Å². The minimum absolute atomic E-state index is 0.831. The quantitative estimate of drug-likeness (QED) is 0.180. The molecule has 0 N–H and O–H groups in total. The molecule has 0 saturated carbocycles. The summed E-state index contributed by atoms with van der Waals surface area (Å²) in [6, 6.07) is 53.6. The van der Waals surface area contributed by atoms with Crippen LogP contribution in [0.4, 0.5) is 0 Å². The first kappa shape index (κ1) is 27.4. The molecule has 0 aliphatic rings. The Bertz CT molecular complexity index is 2900. The van der Waals surface area contributed by atoms with E-state index in [2.05, 4.69) is 122 Å². The number of rotatable bonds is 4. The summed E-state index contributed by atoms with van der Waals surface area (Å²) in [5.74, 6) is 2.52. The highest BCUT2D eigenvalue weighted by Crippen LogP contribution is 2.49. The minimum Gasteiger partial charge on any atom is -0.456 e. The summed E-state index contributed by atoms with van der Waals surface area (Å²) in [6.45, 7) is 2.13. The third-order valence-corrected chi connectivity index (χ3v) is 10.3. The highest BCUT2D eigenvalue weighted by molar-refractivity contribution is 6.31. The molecule has 0 saturated heterocycles. The highest BCUT2D eigenvalue weighted by atomic mass is 16.3. The molecular weight excluding hydrogens is 613 g/mol. The van der Waals surface area contributed by atoms with Gasteiger partial charge in [0.15, 0.2) is 0 Å². The van der Waals surface area contributed by atoms with Gasteiger partial charge in [-0.15, -0.1) is 0 Å². The van der Waals surface area contributed by atoms with Crippen molar-refractivity contribution in [2.75, 3.05) is 0 Å². The van der Waals surface area contributed by atoms with Crippen LogP contribution >= 0.6 is 0 Å². The Morgan fingerprint density at radius 3 is 1.10 bits per heavy atom. The van der Waals surface area contributed by atoms with Gasteiger partial charge in [0.05, 0.1) is 0 Å². The van der Waals surface area contributed by atoms with E-state index in [9.17, 15) is 0 Å². The Morgan fingerprint density at radius 2 is 0.700 bits per heavy atom. The van der Waals surface area contributed by atoms with Gasteiger partial charge in [-0.3, -0.25) is 0 Å². The maximum atomic E-state index is 6.58. The van der Waals surface area contributed by atoms with Crippen LogP contribution in [-0.2, 0) is 0 Å². The molecule has 11 rings (SSSR count). The molecule has 0 bridgehead atoms. The third kappa shape index (κ3) is 3.98. The number of aryl methyl sites for hydroxylation is 1. The number of hydrogen-bond donors (Lipinski definition) is 0. The van der Waals surface area contributed by atoms with Crippen LogP contribution in [0, 0.1) is 6.92 Å². The number of benzene rings is 8. The largest absolute Gasteiger partial charge is 0.456 e. The second kappa shape index (κ2) is 10.2. The van der Waals surface area contributed by atoms with Crippen LogP contribution in [0.15, 0.2) is 165 Å². The fourth-order valence-corrected chi connectivity index (χ4v) is 7.92. The topological polar surface area (TPSA) is 39.4 Å². The molecule has 234 valence electrons. The molecule has 0 spiro atoms. The number of hydrogen-bond acceptors (Lipinski definition) is 3. The summed E-state index contributed by atoms with van der Waals surface area (Å²) >= 11 is 0. The van der Waals surface area contributed by atoms with Gasteiger partial charge in [-0.05, 0) is 98.9 Å². The van der Waals surface area contributed by atoms with E-state index in [4.69, 9.17) is 13.3 Å². The number of para-hydroxylation sites is 3. The molecule has 11 aromatic rings. The van der Waals surface area contributed by atoms with Gasteiger partial charge in [-0.1, -0.05) is 109 Å². The molecule has 0 fully saturated rings. The van der Waals surface area contributed by atoms with Crippen LogP contribution in [0.1, 0.15) is 5.56 Å². The summed E-state index contributed by atoms with van der Waals surface area (Å²) < 4.78 is 19.7. The molecule has 8 aromatic carbocycles. The number of fused-ring (bicyclic) bond motifs is 3. The second-order valence-corrected chi connectivity index (χ2v) is 13.3. The fourth-order valence-electron chi connectivity index (χ4n) is 7.92. The average Bonchev–Trinajstić information content (AvgIpc) is 3.90. The van der Waals surface area contributed by atoms with Crippen LogP contribution in [0.25, 0.3) is 110 Å². The van der Waals surface area contributed by atoms with Crippen molar-refractivity contribution in [3.05, 3.63) is 157 Å². The molecule has 3 heteroatoms. The van der Waals surface area contributed by atoms with E-state index < -0.39 is 0 Å². The Balaban J connectivity index is 1.31. The smallest absolute Gasteiger partial charge is 0.136 e. The van der Waals surface area contributed by atoms with E-state index in [1.807, 2.05) is 36.4 Å². The zero-order chi connectivity index (χ0) is 32.9. The summed E-state index contributed by atoms with van der Waals surface area (Å²) in [4.78, 5) is 0. The van der Waals surface area contributed by atoms with Gasteiger partial charge in [0, 0.05) is 32.8 Å². The van der Waals surface area contributed by atoms with Crippen molar-refractivity contribution >= 4 is 65.2 Å². The number of furan rings is 3. The predicted molar refractivity (Wildman–Crippen MR) is 206 cm³/mol. The van der Waals surface area contributed by atoms with Crippen LogP contribution in [0.2, 0.25) is 0 Å². The predicted octanol–water partition coefficient (Wildman–Crippen LogP) is 13.8. The van der Waals surface area contributed by atoms with Crippen molar-refractivity contribution in [2.45, 2.75) is 6.92 Å². The monoisotopic (exact) mass is 640 g/mol. The maximum absolute atomic E-state index is 6.58. The third-order valence-electron chi connectivity index (χ3n) is 10.3. The van der Waals surface area contributed by atoms with Crippen LogP contribution in [-0.4, -0.2) is 0 Å². The lowest BCUT2D eigenvalue weighted by atomic mass is 9.83. The molecule has 0 radical (unpaired) electrons. The summed E-state index contributed by atoms with van der Waals surface area (Å²) in [7, 11) is 0. The standard InChI is InChI=1S/C47H28O3/c1-27-14-16-28(17-15-27)36-25-37(43-22-29-8-2-5-11-40(29)48-43)33-20-21-35-39(45-24-31-10-4-7-13-42(31)50-45)26-38(34-19-18-32(36)46(33)47(34)35)44-23-30-9-3-6-12-41(30)49-44/h2-26H,1H3. The zero-order valence-electron chi connectivity index (χ0n) is 27.2. The summed E-state index contributed by atoms with van der Waals surface area (Å²) in [5.41, 5.74) is 9.31. The van der Waals surface area contributed by atoms with Crippen molar-refractivity contribution in [1.82, 2.24) is 0 Å². The first-order chi connectivity index (χ1) is 24.7. The van der Waals surface area contributed by atoms with Crippen molar-refractivity contribution < 1.29 is 13.3 Å². The zero-order valence-corrected chi connectivity index (χ0v) is 27.2. The summed E-state index contributed by atoms with van der Waals surface area (Å²) in [5, 5.41) is 10.2. The van der Waals surface area contributed by atoms with Crippen LogP contribution < -0.4 is 0 Å². The van der Waals surface area contributed by atoms with Crippen LogP contribution in [0.3, 0.4) is 0 Å². The van der Waals surface area contributed by atoms with E-state index in [0.717, 1.165) is 83.0 Å². The molecule has 3 nitrogen and oxygen atoms in total. The Hall–Kier alpha value is -6.58. The Kier molecular flexibility index (Phi) is 5.59. The molecule has 0 amide bonds. The molecule has 0 atom stereocenters. The lowest BCUT2D eigenvalue weighted by Crippen LogP contribution is -1.93. The first-order valence-corrected chi connectivity index (χ1v) is 17.0. The lowest BCUT2D eigenvalue weighted by molar-refractivity contribution is 0.630. The Morgan fingerprint density at radius 1 is 0.340 bits per heavy atom. The molecule has 50 heavy (non-hydrogen) atoms. The van der Waals surface area contributed by atoms with Crippen molar-refractivity contribution in [3.63, 3.8) is 0 Å². The minimum atomic E-state index is 0.831. The summed E-state index contributed by atoms with van der Waals surface area (Å²) in [6.07, 6.45) is 0. The molecule has 3 heterocycles. The van der Waals surface area contributed by atoms with Crippen molar-refractivity contribution in [2.24, 2.45) is 0 Å². The highest BCUT2D eigenvalue weighted by Gasteiger charge is 2.24. The van der Waals surface area contributed by atoms with Crippen molar-refractivity contribution in [1.29, 1.82) is 0 Å². The molecule has 0 unspecified atom stereocenters. The molecule has 0 aliphatic heterocycles. The van der Waals surface area contributed by atoms with E-state index >= 15 is 0 Å². The molecule has 0 aliphatic carbocycles. The van der Waals surface area contributed by atoms with E-state index in [-0.39, 0.29) is 0 Å². The fraction of sp³-hybridized carbons (Fsp3) is 0.0213. The first-order valence-electron chi connectivity index (χ1n) is 17.0. The van der Waals surface area contributed by atoms with Gasteiger partial charge in [-0.2, -0.15) is 0 Å². The normalized spacial score (nSPS) is 12.1. The van der Waals surface area contributed by atoms with Gasteiger partial charge < -0.3 is 13.3 Å². The van der Waals surface area contributed by atoms with Crippen LogP contribution in [0.5, 0.6) is 0 Å². The van der Waals surface area contributed by atoms with Gasteiger partial charge in [-0.25, -0.2) is 0 Å². The lowest BCUT2D eigenvalue weighted by Gasteiger charge is -2.20. The van der Waals surface area contributed by atoms with Gasteiger partial charge in [0.1, 0.15) is 34.0 Å². The van der Waals surface area contributed by atoms with Gasteiger partial charge >= 0.3 is 0 Å². The second-order valence-electron chi connectivity index (χ2n) is 13.3. The molecular formula is C47H28O3. The van der Waals surface area contributed by atoms with E-state index in [1.165, 1.54) is 32.8 Å². The van der Waals surface area contributed by atoms with Gasteiger partial charge in [0.2, 0.25) is 0 Å². The maximum Gasteiger partial charge on any atom is 0.136 e. The van der Waals surface area contributed by atoms with E-state index in [0.29, 0.717) is 0 Å². The average molecular weight is 641 g/mol. The van der Waals surface area contributed by atoms with E-state index in [1.54, 1.807) is 0 Å².